The molecule has 0 aliphatic rings. The lowest BCUT2D eigenvalue weighted by Crippen LogP contribution is -2.28. The maximum atomic E-state index is 12.0. The summed E-state index contributed by atoms with van der Waals surface area (Å²) in [5.41, 5.74) is 8.43. The second-order valence-corrected chi connectivity index (χ2v) is 5.59. The maximum Gasteiger partial charge on any atom is 0.252 e. The van der Waals surface area contributed by atoms with Gasteiger partial charge >= 0.3 is 0 Å². The highest BCUT2D eigenvalue weighted by Crippen LogP contribution is 2.14. The van der Waals surface area contributed by atoms with Crippen LogP contribution < -0.4 is 16.4 Å². The van der Waals surface area contributed by atoms with Crippen LogP contribution in [0.5, 0.6) is 0 Å². The second-order valence-electron chi connectivity index (χ2n) is 5.18. The van der Waals surface area contributed by atoms with E-state index in [0.29, 0.717) is 29.6 Å². The summed E-state index contributed by atoms with van der Waals surface area (Å²) in [5.74, 6) is 0.0868. The molecule has 0 unspecified atom stereocenters. The molecule has 24 heavy (non-hydrogen) atoms. The topological polar surface area (TPSA) is 79.5 Å². The Morgan fingerprint density at radius 1 is 1.17 bits per heavy atom. The van der Waals surface area contributed by atoms with Crippen LogP contribution in [0, 0.1) is 0 Å². The molecule has 2 aromatic carbocycles. The Balaban J connectivity index is 1.78. The van der Waals surface area contributed by atoms with Gasteiger partial charge in [0.15, 0.2) is 5.96 Å². The molecule has 0 saturated carbocycles. The average Bonchev–Trinajstić information content (AvgIpc) is 2.59. The molecule has 0 spiro atoms. The van der Waals surface area contributed by atoms with Gasteiger partial charge in [-0.25, -0.2) is 0 Å². The van der Waals surface area contributed by atoms with Gasteiger partial charge in [-0.3, -0.25) is 9.79 Å². The highest BCUT2D eigenvalue weighted by Gasteiger charge is 2.08. The third-order valence-electron chi connectivity index (χ3n) is 3.43. The molecule has 4 N–H and O–H groups in total. The number of amides is 1. The largest absolute Gasteiger partial charge is 0.370 e. The first-order valence-corrected chi connectivity index (χ1v) is 8.16. The number of benzene rings is 2. The van der Waals surface area contributed by atoms with Crippen LogP contribution in [0.2, 0.25) is 5.02 Å². The smallest absolute Gasteiger partial charge is 0.252 e. The summed E-state index contributed by atoms with van der Waals surface area (Å²) in [5, 5.41) is 6.20. The Morgan fingerprint density at radius 3 is 2.54 bits per heavy atom. The van der Waals surface area contributed by atoms with E-state index in [4.69, 9.17) is 17.3 Å². The Labute approximate surface area is 146 Å². The Hall–Kier alpha value is -2.53. The number of aliphatic imine (C=N–C) groups is 1. The van der Waals surface area contributed by atoms with Crippen molar-refractivity contribution in [2.75, 3.05) is 18.4 Å². The van der Waals surface area contributed by atoms with Gasteiger partial charge < -0.3 is 16.4 Å². The van der Waals surface area contributed by atoms with Crippen molar-refractivity contribution in [3.05, 3.63) is 64.7 Å². The molecule has 6 heteroatoms. The van der Waals surface area contributed by atoms with Crippen LogP contribution in [-0.4, -0.2) is 25.0 Å². The number of guanidine groups is 1. The molecule has 5 nitrogen and oxygen atoms in total. The fourth-order valence-corrected chi connectivity index (χ4v) is 2.32. The van der Waals surface area contributed by atoms with E-state index in [1.54, 1.807) is 24.3 Å². The van der Waals surface area contributed by atoms with E-state index in [1.165, 1.54) is 5.56 Å². The first-order chi connectivity index (χ1) is 11.6. The third-order valence-corrected chi connectivity index (χ3v) is 3.76. The Kier molecular flexibility index (Phi) is 6.63. The van der Waals surface area contributed by atoms with Crippen molar-refractivity contribution in [2.45, 2.75) is 13.3 Å². The number of hydrogen-bond acceptors (Lipinski definition) is 2. The lowest BCUT2D eigenvalue weighted by atomic mass is 10.1. The molecule has 0 aliphatic heterocycles. The number of aryl methyl sites for hydroxylation is 1. The van der Waals surface area contributed by atoms with Gasteiger partial charge in [0.1, 0.15) is 0 Å². The summed E-state index contributed by atoms with van der Waals surface area (Å²) >= 11 is 5.98. The lowest BCUT2D eigenvalue weighted by molar-refractivity contribution is 0.0955. The van der Waals surface area contributed by atoms with E-state index in [2.05, 4.69) is 22.5 Å². The van der Waals surface area contributed by atoms with Crippen LogP contribution in [0.1, 0.15) is 22.8 Å². The predicted octanol–water partition coefficient (Wildman–Crippen LogP) is 3.06. The zero-order valence-corrected chi connectivity index (χ0v) is 14.3. The fourth-order valence-electron chi connectivity index (χ4n) is 2.10. The zero-order chi connectivity index (χ0) is 17.4. The van der Waals surface area contributed by atoms with E-state index in [0.717, 1.165) is 12.1 Å². The van der Waals surface area contributed by atoms with Gasteiger partial charge in [0.2, 0.25) is 0 Å². The molecular weight excluding hydrogens is 324 g/mol. The quantitative estimate of drug-likeness (QED) is 0.428. The van der Waals surface area contributed by atoms with E-state index < -0.39 is 0 Å². The summed E-state index contributed by atoms with van der Waals surface area (Å²) in [7, 11) is 0. The van der Waals surface area contributed by atoms with Gasteiger partial charge in [-0.1, -0.05) is 42.8 Å². The Bertz CT molecular complexity index is 713. The molecule has 0 radical (unpaired) electrons. The molecule has 0 saturated heterocycles. The number of rotatable bonds is 6. The number of carbonyl (C=O) groups is 1. The minimum absolute atomic E-state index is 0.225. The van der Waals surface area contributed by atoms with Crippen LogP contribution in [0.3, 0.4) is 0 Å². The molecule has 1 amide bonds. The molecule has 0 bridgehead atoms. The van der Waals surface area contributed by atoms with Crippen molar-refractivity contribution in [1.29, 1.82) is 0 Å². The number of hydrogen-bond donors (Lipinski definition) is 3. The number of nitrogens with one attached hydrogen (secondary N) is 2. The van der Waals surface area contributed by atoms with Crippen LogP contribution in [-0.2, 0) is 6.42 Å². The molecular formula is C18H21ClN4O. The van der Waals surface area contributed by atoms with Gasteiger partial charge in [-0.2, -0.15) is 0 Å². The zero-order valence-electron chi connectivity index (χ0n) is 13.6. The average molecular weight is 345 g/mol. The van der Waals surface area contributed by atoms with Gasteiger partial charge in [0.25, 0.3) is 5.91 Å². The number of carbonyl (C=O) groups excluding carboxylic acids is 1. The molecule has 0 aliphatic carbocycles. The summed E-state index contributed by atoms with van der Waals surface area (Å²) in [6, 6.07) is 14.9. The highest BCUT2D eigenvalue weighted by molar-refractivity contribution is 6.33. The van der Waals surface area contributed by atoms with Crippen molar-refractivity contribution in [1.82, 2.24) is 5.32 Å². The van der Waals surface area contributed by atoms with Crippen molar-refractivity contribution >= 4 is 29.2 Å². The van der Waals surface area contributed by atoms with Crippen LogP contribution in [0.15, 0.2) is 53.5 Å². The third kappa shape index (κ3) is 5.28. The van der Waals surface area contributed by atoms with E-state index in [1.807, 2.05) is 24.3 Å². The maximum absolute atomic E-state index is 12.0. The Morgan fingerprint density at radius 2 is 1.88 bits per heavy atom. The first-order valence-electron chi connectivity index (χ1n) is 7.78. The number of nitrogens with two attached hydrogens (primary N) is 1. The van der Waals surface area contributed by atoms with E-state index in [-0.39, 0.29) is 5.91 Å². The van der Waals surface area contributed by atoms with Crippen LogP contribution >= 0.6 is 11.6 Å². The van der Waals surface area contributed by atoms with Crippen LogP contribution in [0.4, 0.5) is 5.69 Å². The second kappa shape index (κ2) is 8.93. The molecule has 2 rings (SSSR count). The van der Waals surface area contributed by atoms with Gasteiger partial charge in [0.05, 0.1) is 17.1 Å². The monoisotopic (exact) mass is 344 g/mol. The van der Waals surface area contributed by atoms with Gasteiger partial charge in [0, 0.05) is 12.2 Å². The molecule has 0 atom stereocenters. The minimum atomic E-state index is -0.225. The highest BCUT2D eigenvalue weighted by atomic mass is 35.5. The molecule has 0 aromatic heterocycles. The molecule has 0 heterocycles. The van der Waals surface area contributed by atoms with E-state index >= 15 is 0 Å². The molecule has 126 valence electrons. The molecule has 2 aromatic rings. The first kappa shape index (κ1) is 17.8. The number of halogens is 1. The lowest BCUT2D eigenvalue weighted by Gasteiger charge is -2.07. The number of nitrogens with zero attached hydrogens (tertiary/aromatic N) is 1. The van der Waals surface area contributed by atoms with Crippen molar-refractivity contribution < 1.29 is 4.79 Å². The summed E-state index contributed by atoms with van der Waals surface area (Å²) < 4.78 is 0. The summed E-state index contributed by atoms with van der Waals surface area (Å²) in [6.45, 7) is 2.86. The van der Waals surface area contributed by atoms with Gasteiger partial charge in [-0.05, 0) is 36.2 Å². The van der Waals surface area contributed by atoms with Crippen LogP contribution in [0.25, 0.3) is 0 Å². The van der Waals surface area contributed by atoms with Crippen molar-refractivity contribution in [2.24, 2.45) is 10.7 Å². The summed E-state index contributed by atoms with van der Waals surface area (Å²) in [6.07, 6.45) is 0.995. The van der Waals surface area contributed by atoms with Crippen molar-refractivity contribution in [3.8, 4) is 0 Å². The molecule has 0 fully saturated rings. The van der Waals surface area contributed by atoms with Crippen molar-refractivity contribution in [3.63, 3.8) is 0 Å². The van der Waals surface area contributed by atoms with Gasteiger partial charge in [-0.15, -0.1) is 0 Å². The fraction of sp³-hybridized carbons (Fsp3) is 0.222. The predicted molar refractivity (Wildman–Crippen MR) is 99.7 cm³/mol. The normalized spacial score (nSPS) is 11.2. The van der Waals surface area contributed by atoms with E-state index in [9.17, 15) is 4.79 Å². The minimum Gasteiger partial charge on any atom is -0.370 e. The number of anilines is 1. The SMILES string of the molecule is CCc1ccc(NC(N)=NCCNC(=O)c2ccccc2Cl)cc1. The standard InChI is InChI=1S/C18H21ClN4O/c1-2-13-7-9-14(10-8-13)23-18(20)22-12-11-21-17(24)15-5-3-4-6-16(15)19/h3-10H,2,11-12H2,1H3,(H,21,24)(H3,20,22,23). The summed E-state index contributed by atoms with van der Waals surface area (Å²) in [4.78, 5) is 16.2.